The lowest BCUT2D eigenvalue weighted by Gasteiger charge is -2.29. The van der Waals surface area contributed by atoms with Gasteiger partial charge in [-0.2, -0.15) is 0 Å². The molecule has 1 atom stereocenters. The van der Waals surface area contributed by atoms with Gasteiger partial charge in [-0.15, -0.1) is 0 Å². The Hall–Kier alpha value is -2.66. The maximum atomic E-state index is 12.5. The van der Waals surface area contributed by atoms with Gasteiger partial charge in [-0.05, 0) is 54.7 Å². The zero-order chi connectivity index (χ0) is 21.5. The number of hydrogen-bond donors (Lipinski definition) is 2. The molecule has 0 aliphatic carbocycles. The molecule has 2 fully saturated rings. The molecule has 2 N–H and O–H groups in total. The Balaban J connectivity index is 1.34. The van der Waals surface area contributed by atoms with E-state index in [1.807, 2.05) is 18.2 Å². The van der Waals surface area contributed by atoms with E-state index >= 15 is 0 Å². The molecule has 0 saturated carbocycles. The first kappa shape index (κ1) is 21.6. The standard InChI is InChI=1S/C26H32N2O3/c29-24(27-19-21-12-16-31-17-13-21)10-14-26(15-11-25(30)28-26)18-20-6-8-23(9-7-20)22-4-2-1-3-5-22/h1-9,21H,10-19H2,(H,27,29)(H,28,30)/t26-/m1/s1. The molecule has 2 aromatic carbocycles. The summed E-state index contributed by atoms with van der Waals surface area (Å²) in [7, 11) is 0. The van der Waals surface area contributed by atoms with Gasteiger partial charge in [-0.25, -0.2) is 0 Å². The lowest BCUT2D eigenvalue weighted by molar-refractivity contribution is -0.123. The van der Waals surface area contributed by atoms with Crippen LogP contribution in [0, 0.1) is 5.92 Å². The topological polar surface area (TPSA) is 67.4 Å². The fourth-order valence-electron chi connectivity index (χ4n) is 4.67. The summed E-state index contributed by atoms with van der Waals surface area (Å²) in [5, 5.41) is 6.27. The van der Waals surface area contributed by atoms with Crippen molar-refractivity contribution < 1.29 is 14.3 Å². The Kier molecular flexibility index (Phi) is 7.03. The molecule has 2 amide bonds. The van der Waals surface area contributed by atoms with Crippen LogP contribution in [0.25, 0.3) is 11.1 Å². The summed E-state index contributed by atoms with van der Waals surface area (Å²) >= 11 is 0. The van der Waals surface area contributed by atoms with E-state index < -0.39 is 0 Å². The summed E-state index contributed by atoms with van der Waals surface area (Å²) in [6.07, 6.45) is 5.19. The molecule has 2 heterocycles. The number of rotatable bonds is 8. The second-order valence-corrected chi connectivity index (χ2v) is 8.93. The smallest absolute Gasteiger partial charge is 0.220 e. The van der Waals surface area contributed by atoms with E-state index in [1.54, 1.807) is 0 Å². The Morgan fingerprint density at radius 2 is 1.74 bits per heavy atom. The number of benzene rings is 2. The third kappa shape index (κ3) is 5.95. The quantitative estimate of drug-likeness (QED) is 0.681. The predicted octanol–water partition coefficient (Wildman–Crippen LogP) is 3.87. The van der Waals surface area contributed by atoms with Crippen molar-refractivity contribution in [3.05, 3.63) is 60.2 Å². The van der Waals surface area contributed by atoms with Crippen LogP contribution >= 0.6 is 0 Å². The van der Waals surface area contributed by atoms with E-state index in [-0.39, 0.29) is 17.4 Å². The molecular weight excluding hydrogens is 388 g/mol. The largest absolute Gasteiger partial charge is 0.381 e. The minimum Gasteiger partial charge on any atom is -0.381 e. The third-order valence-electron chi connectivity index (χ3n) is 6.60. The fraction of sp³-hybridized carbons (Fsp3) is 0.462. The van der Waals surface area contributed by atoms with Gasteiger partial charge < -0.3 is 15.4 Å². The summed E-state index contributed by atoms with van der Waals surface area (Å²) in [6, 6.07) is 18.9. The normalized spacial score (nSPS) is 21.6. The highest BCUT2D eigenvalue weighted by molar-refractivity contribution is 5.80. The summed E-state index contributed by atoms with van der Waals surface area (Å²) in [5.41, 5.74) is 3.23. The Morgan fingerprint density at radius 3 is 2.42 bits per heavy atom. The lowest BCUT2D eigenvalue weighted by atomic mass is 9.84. The fourth-order valence-corrected chi connectivity index (χ4v) is 4.67. The third-order valence-corrected chi connectivity index (χ3v) is 6.60. The SMILES string of the molecule is O=C(CC[C@]1(Cc2ccc(-c3ccccc3)cc2)CCC(=O)N1)NCC1CCOCC1. The van der Waals surface area contributed by atoms with Crippen LogP contribution < -0.4 is 10.6 Å². The molecule has 0 spiro atoms. The van der Waals surface area contributed by atoms with Crippen LogP contribution in [-0.4, -0.2) is 37.1 Å². The highest BCUT2D eigenvalue weighted by Crippen LogP contribution is 2.30. The molecule has 2 aliphatic rings. The monoisotopic (exact) mass is 420 g/mol. The van der Waals surface area contributed by atoms with E-state index in [2.05, 4.69) is 47.0 Å². The summed E-state index contributed by atoms with van der Waals surface area (Å²) in [5.74, 6) is 0.677. The second-order valence-electron chi connectivity index (χ2n) is 8.93. The molecule has 2 saturated heterocycles. The van der Waals surface area contributed by atoms with Crippen LogP contribution in [0.1, 0.15) is 44.1 Å². The highest BCUT2D eigenvalue weighted by atomic mass is 16.5. The maximum absolute atomic E-state index is 12.5. The first-order valence-corrected chi connectivity index (χ1v) is 11.4. The molecule has 2 aliphatic heterocycles. The zero-order valence-electron chi connectivity index (χ0n) is 18.1. The molecule has 4 rings (SSSR count). The first-order chi connectivity index (χ1) is 15.1. The predicted molar refractivity (Wildman–Crippen MR) is 121 cm³/mol. The van der Waals surface area contributed by atoms with Crippen LogP contribution in [-0.2, 0) is 20.7 Å². The molecule has 5 nitrogen and oxygen atoms in total. The average molecular weight is 421 g/mol. The minimum absolute atomic E-state index is 0.0754. The summed E-state index contributed by atoms with van der Waals surface area (Å²) in [6.45, 7) is 2.31. The van der Waals surface area contributed by atoms with Crippen molar-refractivity contribution in [3.8, 4) is 11.1 Å². The molecule has 0 radical (unpaired) electrons. The number of nitrogens with one attached hydrogen (secondary N) is 2. The van der Waals surface area contributed by atoms with E-state index in [1.165, 1.54) is 16.7 Å². The van der Waals surface area contributed by atoms with Gasteiger partial charge in [-0.1, -0.05) is 54.6 Å². The van der Waals surface area contributed by atoms with Crippen molar-refractivity contribution in [1.82, 2.24) is 10.6 Å². The van der Waals surface area contributed by atoms with Gasteiger partial charge >= 0.3 is 0 Å². The molecule has 5 heteroatoms. The number of ether oxygens (including phenoxy) is 1. The van der Waals surface area contributed by atoms with Crippen molar-refractivity contribution in [2.24, 2.45) is 5.92 Å². The zero-order valence-corrected chi connectivity index (χ0v) is 18.1. The van der Waals surface area contributed by atoms with Crippen LogP contribution in [0.15, 0.2) is 54.6 Å². The van der Waals surface area contributed by atoms with Crippen molar-refractivity contribution in [3.63, 3.8) is 0 Å². The van der Waals surface area contributed by atoms with E-state index in [4.69, 9.17) is 4.74 Å². The van der Waals surface area contributed by atoms with E-state index in [0.29, 0.717) is 25.2 Å². The number of hydrogen-bond acceptors (Lipinski definition) is 3. The maximum Gasteiger partial charge on any atom is 0.220 e. The summed E-state index contributed by atoms with van der Waals surface area (Å²) < 4.78 is 5.38. The Bertz CT molecular complexity index is 875. The highest BCUT2D eigenvalue weighted by Gasteiger charge is 2.37. The number of amides is 2. The van der Waals surface area contributed by atoms with Gasteiger partial charge in [-0.3, -0.25) is 9.59 Å². The van der Waals surface area contributed by atoms with Crippen molar-refractivity contribution in [2.45, 2.75) is 50.5 Å². The van der Waals surface area contributed by atoms with Gasteiger partial charge in [0.25, 0.3) is 0 Å². The molecule has 0 aromatic heterocycles. The molecule has 2 aromatic rings. The Morgan fingerprint density at radius 1 is 1.03 bits per heavy atom. The van der Waals surface area contributed by atoms with E-state index in [9.17, 15) is 9.59 Å². The molecule has 0 unspecified atom stereocenters. The molecular formula is C26H32N2O3. The summed E-state index contributed by atoms with van der Waals surface area (Å²) in [4.78, 5) is 24.5. The average Bonchev–Trinajstić information content (AvgIpc) is 3.18. The van der Waals surface area contributed by atoms with Gasteiger partial charge in [0, 0.05) is 38.1 Å². The Labute approximate surface area is 184 Å². The van der Waals surface area contributed by atoms with Gasteiger partial charge in [0.05, 0.1) is 0 Å². The van der Waals surface area contributed by atoms with Crippen molar-refractivity contribution >= 4 is 11.8 Å². The number of carbonyl (C=O) groups is 2. The van der Waals surface area contributed by atoms with Gasteiger partial charge in [0.1, 0.15) is 0 Å². The van der Waals surface area contributed by atoms with Crippen LogP contribution in [0.5, 0.6) is 0 Å². The first-order valence-electron chi connectivity index (χ1n) is 11.4. The van der Waals surface area contributed by atoms with Crippen molar-refractivity contribution in [1.29, 1.82) is 0 Å². The molecule has 164 valence electrons. The van der Waals surface area contributed by atoms with Gasteiger partial charge in [0.2, 0.25) is 11.8 Å². The van der Waals surface area contributed by atoms with Crippen LogP contribution in [0.3, 0.4) is 0 Å². The van der Waals surface area contributed by atoms with Crippen molar-refractivity contribution in [2.75, 3.05) is 19.8 Å². The van der Waals surface area contributed by atoms with Gasteiger partial charge in [0.15, 0.2) is 0 Å². The lowest BCUT2D eigenvalue weighted by Crippen LogP contribution is -2.44. The van der Waals surface area contributed by atoms with Crippen LogP contribution in [0.2, 0.25) is 0 Å². The second kappa shape index (κ2) is 10.1. The van der Waals surface area contributed by atoms with Crippen LogP contribution in [0.4, 0.5) is 0 Å². The number of carbonyl (C=O) groups excluding carboxylic acids is 2. The minimum atomic E-state index is -0.332. The van der Waals surface area contributed by atoms with E-state index in [0.717, 1.165) is 45.4 Å². The molecule has 0 bridgehead atoms. The molecule has 31 heavy (non-hydrogen) atoms.